The van der Waals surface area contributed by atoms with Gasteiger partial charge in [0.05, 0.1) is 13.2 Å². The summed E-state index contributed by atoms with van der Waals surface area (Å²) >= 11 is 0. The van der Waals surface area contributed by atoms with Gasteiger partial charge in [0.15, 0.2) is 0 Å². The smallest absolute Gasteiger partial charge is 0.135 e. The maximum absolute atomic E-state index is 5.57. The van der Waals surface area contributed by atoms with Crippen molar-refractivity contribution in [1.29, 1.82) is 0 Å². The van der Waals surface area contributed by atoms with Gasteiger partial charge in [-0.05, 0) is 75.0 Å². The number of hydrogen-bond donors (Lipinski definition) is 1. The summed E-state index contributed by atoms with van der Waals surface area (Å²) in [7, 11) is 2.23. The molecule has 4 aliphatic heterocycles. The number of nitrogens with zero attached hydrogens (tertiary/aromatic N) is 4. The highest BCUT2D eigenvalue weighted by atomic mass is 16.5. The number of fused-ring (bicyclic) bond motifs is 2. The Kier molecular flexibility index (Phi) is 5.53. The van der Waals surface area contributed by atoms with Crippen LogP contribution in [0.5, 0.6) is 0 Å². The number of rotatable bonds is 3. The Morgan fingerprint density at radius 1 is 1.00 bits per heavy atom. The first-order chi connectivity index (χ1) is 15.7. The number of likely N-dealkylation sites (N-methyl/N-ethyl adjacent to an activating group) is 1. The Balaban J connectivity index is 1.19. The van der Waals surface area contributed by atoms with Crippen LogP contribution in [0, 0.1) is 0 Å². The molecule has 0 bridgehead atoms. The molecule has 1 aromatic carbocycles. The van der Waals surface area contributed by atoms with Gasteiger partial charge in [0.25, 0.3) is 0 Å². The normalized spacial score (nSPS) is 23.1. The highest BCUT2D eigenvalue weighted by Gasteiger charge is 2.32. The molecule has 6 rings (SSSR count). The monoisotopic (exact) mass is 433 g/mol. The summed E-state index contributed by atoms with van der Waals surface area (Å²) in [4.78, 5) is 12.3. The molecule has 1 N–H and O–H groups in total. The van der Waals surface area contributed by atoms with Gasteiger partial charge in [-0.2, -0.15) is 0 Å². The zero-order chi connectivity index (χ0) is 21.5. The molecule has 1 aromatic heterocycles. The molecule has 0 aliphatic carbocycles. The molecular weight excluding hydrogens is 398 g/mol. The van der Waals surface area contributed by atoms with E-state index in [0.717, 1.165) is 51.0 Å². The minimum absolute atomic E-state index is 0.673. The third kappa shape index (κ3) is 3.89. The van der Waals surface area contributed by atoms with Crippen molar-refractivity contribution in [3.63, 3.8) is 0 Å². The molecule has 3 fully saturated rings. The number of benzene rings is 1. The van der Waals surface area contributed by atoms with E-state index in [1.54, 1.807) is 0 Å². The highest BCUT2D eigenvalue weighted by molar-refractivity contribution is 5.72. The fraction of sp³-hybridized carbons (Fsp3) is 0.577. The van der Waals surface area contributed by atoms with Crippen LogP contribution in [-0.4, -0.2) is 80.4 Å². The molecule has 0 atom stereocenters. The van der Waals surface area contributed by atoms with E-state index in [9.17, 15) is 0 Å². The van der Waals surface area contributed by atoms with E-state index in [0.29, 0.717) is 5.92 Å². The Morgan fingerprint density at radius 3 is 2.59 bits per heavy atom. The van der Waals surface area contributed by atoms with E-state index in [2.05, 4.69) is 51.3 Å². The quantitative estimate of drug-likeness (QED) is 0.802. The summed E-state index contributed by atoms with van der Waals surface area (Å²) in [5.41, 5.74) is 6.85. The van der Waals surface area contributed by atoms with Crippen LogP contribution in [0.25, 0.3) is 0 Å². The number of morpholine rings is 1. The summed E-state index contributed by atoms with van der Waals surface area (Å²) in [6, 6.07) is 10.2. The van der Waals surface area contributed by atoms with E-state index in [1.807, 2.05) is 6.20 Å². The molecule has 3 saturated heterocycles. The summed E-state index contributed by atoms with van der Waals surface area (Å²) in [5.74, 6) is 1.71. The highest BCUT2D eigenvalue weighted by Crippen LogP contribution is 2.37. The van der Waals surface area contributed by atoms with Gasteiger partial charge in [-0.1, -0.05) is 12.1 Å². The van der Waals surface area contributed by atoms with E-state index in [4.69, 9.17) is 9.72 Å². The van der Waals surface area contributed by atoms with Crippen LogP contribution in [0.3, 0.4) is 0 Å². The lowest BCUT2D eigenvalue weighted by atomic mass is 9.87. The number of likely N-dealkylation sites (tertiary alicyclic amines) is 2. The summed E-state index contributed by atoms with van der Waals surface area (Å²) < 4.78 is 5.57. The van der Waals surface area contributed by atoms with Crippen LogP contribution in [0.2, 0.25) is 0 Å². The van der Waals surface area contributed by atoms with Crippen molar-refractivity contribution >= 4 is 17.2 Å². The maximum atomic E-state index is 5.57. The van der Waals surface area contributed by atoms with Crippen molar-refractivity contribution in [1.82, 2.24) is 14.8 Å². The first-order valence-corrected chi connectivity index (χ1v) is 12.4. The number of anilines is 3. The molecule has 0 spiro atoms. The number of aryl methyl sites for hydroxylation is 1. The molecule has 0 saturated carbocycles. The molecule has 6 nitrogen and oxygen atoms in total. The Hall–Kier alpha value is -2.15. The number of hydrogen-bond acceptors (Lipinski definition) is 6. The summed E-state index contributed by atoms with van der Waals surface area (Å²) in [5, 5.41) is 3.73. The topological polar surface area (TPSA) is 43.9 Å². The molecule has 170 valence electrons. The van der Waals surface area contributed by atoms with Gasteiger partial charge in [-0.3, -0.25) is 4.90 Å². The molecule has 0 unspecified atom stereocenters. The van der Waals surface area contributed by atoms with E-state index >= 15 is 0 Å². The second kappa shape index (κ2) is 8.65. The molecular formula is C26H35N5O. The molecule has 5 heterocycles. The van der Waals surface area contributed by atoms with Gasteiger partial charge < -0.3 is 19.9 Å². The van der Waals surface area contributed by atoms with Crippen molar-refractivity contribution < 1.29 is 4.74 Å². The minimum atomic E-state index is 0.673. The van der Waals surface area contributed by atoms with E-state index < -0.39 is 0 Å². The Bertz CT molecular complexity index is 959. The Labute approximate surface area is 191 Å². The molecule has 4 aliphatic rings. The third-order valence-electron chi connectivity index (χ3n) is 7.98. The Morgan fingerprint density at radius 2 is 1.81 bits per heavy atom. The van der Waals surface area contributed by atoms with Crippen LogP contribution in [0.4, 0.5) is 17.2 Å². The van der Waals surface area contributed by atoms with Gasteiger partial charge in [0, 0.05) is 55.4 Å². The molecule has 32 heavy (non-hydrogen) atoms. The predicted octanol–water partition coefficient (Wildman–Crippen LogP) is 3.25. The molecule has 0 amide bonds. The van der Waals surface area contributed by atoms with Gasteiger partial charge in [0.1, 0.15) is 5.82 Å². The van der Waals surface area contributed by atoms with Crippen molar-refractivity contribution in [3.05, 3.63) is 47.2 Å². The first kappa shape index (κ1) is 20.5. The van der Waals surface area contributed by atoms with Crippen molar-refractivity contribution in [3.8, 4) is 0 Å². The van der Waals surface area contributed by atoms with Crippen molar-refractivity contribution in [2.75, 3.05) is 69.7 Å². The molecule has 6 heteroatoms. The average molecular weight is 434 g/mol. The number of piperidine rings is 1. The first-order valence-electron chi connectivity index (χ1n) is 12.4. The van der Waals surface area contributed by atoms with Gasteiger partial charge >= 0.3 is 0 Å². The van der Waals surface area contributed by atoms with Crippen LogP contribution in [-0.2, 0) is 17.6 Å². The maximum Gasteiger partial charge on any atom is 0.135 e. The summed E-state index contributed by atoms with van der Waals surface area (Å²) in [6.07, 6.45) is 6.60. The SMILES string of the molecule is CN1CC(N2CCC(c3ccc4c(c3)Nc3nccc(N5CCOCC5)c3CC4)CC2)C1. The van der Waals surface area contributed by atoms with Crippen LogP contribution in [0.15, 0.2) is 30.5 Å². The minimum Gasteiger partial charge on any atom is -0.378 e. The second-order valence-corrected chi connectivity index (χ2v) is 9.98. The predicted molar refractivity (Wildman–Crippen MR) is 129 cm³/mol. The van der Waals surface area contributed by atoms with Crippen LogP contribution in [0.1, 0.15) is 35.4 Å². The van der Waals surface area contributed by atoms with Gasteiger partial charge in [-0.25, -0.2) is 4.98 Å². The van der Waals surface area contributed by atoms with E-state index in [1.165, 1.54) is 67.1 Å². The number of nitrogens with one attached hydrogen (secondary N) is 1. The van der Waals surface area contributed by atoms with Crippen molar-refractivity contribution in [2.24, 2.45) is 0 Å². The lowest BCUT2D eigenvalue weighted by Gasteiger charge is -2.46. The standard InChI is InChI=1S/C26H35N5O/c1-29-17-22(18-29)30-10-7-19(8-11-30)21-3-2-20-4-5-23-25(31-12-14-32-15-13-31)6-9-27-26(23)28-24(20)16-21/h2-3,6,9,16,19,22H,4-5,7-8,10-15,17-18H2,1H3,(H,27,28). The van der Waals surface area contributed by atoms with Crippen molar-refractivity contribution in [2.45, 2.75) is 37.6 Å². The molecule has 0 radical (unpaired) electrons. The zero-order valence-electron chi connectivity index (χ0n) is 19.2. The number of pyridine rings is 1. The lowest BCUT2D eigenvalue weighted by Crippen LogP contribution is -2.59. The molecule has 2 aromatic rings. The second-order valence-electron chi connectivity index (χ2n) is 9.98. The number of ether oxygens (including phenoxy) is 1. The fourth-order valence-corrected chi connectivity index (χ4v) is 6.00. The third-order valence-corrected chi connectivity index (χ3v) is 7.98. The van der Waals surface area contributed by atoms with Gasteiger partial charge in [-0.15, -0.1) is 0 Å². The van der Waals surface area contributed by atoms with Crippen LogP contribution < -0.4 is 10.2 Å². The zero-order valence-corrected chi connectivity index (χ0v) is 19.2. The fourth-order valence-electron chi connectivity index (χ4n) is 6.00. The number of aromatic nitrogens is 1. The lowest BCUT2D eigenvalue weighted by molar-refractivity contribution is 0.0363. The van der Waals surface area contributed by atoms with Gasteiger partial charge in [0.2, 0.25) is 0 Å². The average Bonchev–Trinajstić information content (AvgIpc) is 3.01. The largest absolute Gasteiger partial charge is 0.378 e. The van der Waals surface area contributed by atoms with E-state index in [-0.39, 0.29) is 0 Å². The summed E-state index contributed by atoms with van der Waals surface area (Å²) in [6.45, 7) is 8.50. The van der Waals surface area contributed by atoms with Crippen LogP contribution >= 0.6 is 0 Å².